The van der Waals surface area contributed by atoms with Gasteiger partial charge in [0.1, 0.15) is 5.75 Å². The van der Waals surface area contributed by atoms with Gasteiger partial charge in [0, 0.05) is 22.5 Å². The minimum atomic E-state index is 0.268. The number of halogens is 1. The molecular weight excluding hydrogens is 492 g/mol. The van der Waals surface area contributed by atoms with Gasteiger partial charge >= 0.3 is 0 Å². The van der Waals surface area contributed by atoms with Crippen LogP contribution in [0.2, 0.25) is 0 Å². The molecule has 0 atom stereocenters. The highest BCUT2D eigenvalue weighted by Crippen LogP contribution is 2.32. The van der Waals surface area contributed by atoms with Crippen LogP contribution in [0.5, 0.6) is 17.2 Å². The maximum absolute atomic E-state index is 5.42. The molecule has 1 heterocycles. The van der Waals surface area contributed by atoms with Crippen LogP contribution in [0.4, 0.5) is 11.4 Å². The zero-order valence-corrected chi connectivity index (χ0v) is 20.0. The van der Waals surface area contributed by atoms with Crippen molar-refractivity contribution in [3.05, 3.63) is 101 Å². The summed E-state index contributed by atoms with van der Waals surface area (Å²) in [5.41, 5.74) is 5.86. The van der Waals surface area contributed by atoms with E-state index < -0.39 is 0 Å². The number of ether oxygens (including phenoxy) is 3. The van der Waals surface area contributed by atoms with E-state index in [0.29, 0.717) is 0 Å². The Morgan fingerprint density at radius 3 is 2.06 bits per heavy atom. The Labute approximate surface area is 206 Å². The van der Waals surface area contributed by atoms with Crippen LogP contribution in [0.25, 0.3) is 11.1 Å². The number of aliphatic imine (C=N–C) groups is 2. The molecule has 0 amide bonds. The van der Waals surface area contributed by atoms with Crippen molar-refractivity contribution >= 4 is 39.7 Å². The van der Waals surface area contributed by atoms with Crippen LogP contribution in [0.1, 0.15) is 11.1 Å². The van der Waals surface area contributed by atoms with E-state index in [9.17, 15) is 0 Å². The predicted molar refractivity (Wildman–Crippen MR) is 140 cm³/mol. The Morgan fingerprint density at radius 2 is 1.38 bits per heavy atom. The fourth-order valence-electron chi connectivity index (χ4n) is 3.57. The van der Waals surface area contributed by atoms with E-state index >= 15 is 0 Å². The molecule has 1 aliphatic rings. The van der Waals surface area contributed by atoms with Crippen LogP contribution in [0, 0.1) is 0 Å². The monoisotopic (exact) mass is 512 g/mol. The Morgan fingerprint density at radius 1 is 0.735 bits per heavy atom. The van der Waals surface area contributed by atoms with Crippen LogP contribution in [-0.4, -0.2) is 26.3 Å². The average Bonchev–Trinajstić information content (AvgIpc) is 3.35. The smallest absolute Gasteiger partial charge is 0.231 e. The highest BCUT2D eigenvalue weighted by molar-refractivity contribution is 9.10. The summed E-state index contributed by atoms with van der Waals surface area (Å²) in [7, 11) is 1.66. The van der Waals surface area contributed by atoms with E-state index in [1.807, 2.05) is 73.1 Å². The van der Waals surface area contributed by atoms with Crippen molar-refractivity contribution in [3.8, 4) is 28.4 Å². The molecule has 4 aromatic carbocycles. The summed E-state index contributed by atoms with van der Waals surface area (Å²) in [6.45, 7) is 0.268. The molecule has 0 aliphatic carbocycles. The Hall–Kier alpha value is -3.90. The normalized spacial score (nSPS) is 12.5. The second-order valence-corrected chi connectivity index (χ2v) is 8.52. The summed E-state index contributed by atoms with van der Waals surface area (Å²) < 4.78 is 17.1. The first-order chi connectivity index (χ1) is 16.7. The third kappa shape index (κ3) is 5.02. The summed E-state index contributed by atoms with van der Waals surface area (Å²) >= 11 is 3.49. The molecule has 0 radical (unpaired) electrons. The van der Waals surface area contributed by atoms with Gasteiger partial charge in [0.25, 0.3) is 0 Å². The first-order valence-electron chi connectivity index (χ1n) is 10.7. The van der Waals surface area contributed by atoms with Gasteiger partial charge in [-0.05, 0) is 77.4 Å². The van der Waals surface area contributed by atoms with Crippen LogP contribution >= 0.6 is 15.9 Å². The molecule has 4 aromatic rings. The molecule has 0 spiro atoms. The van der Waals surface area contributed by atoms with Crippen molar-refractivity contribution in [1.29, 1.82) is 0 Å². The molecule has 168 valence electrons. The molecule has 0 N–H and O–H groups in total. The molecule has 6 heteroatoms. The zero-order valence-electron chi connectivity index (χ0n) is 18.4. The van der Waals surface area contributed by atoms with Crippen molar-refractivity contribution in [2.75, 3.05) is 13.9 Å². The SMILES string of the molecule is COc1ccc(Br)cc1C=Nc1ccc(-c2ccc(N=Cc3ccc4c(c3)OCO4)cc2)cc1. The number of hydrogen-bond acceptors (Lipinski definition) is 5. The van der Waals surface area contributed by atoms with Crippen molar-refractivity contribution in [2.45, 2.75) is 0 Å². The standard InChI is InChI=1S/C28H21BrN2O3/c1-32-26-13-7-23(29)15-22(26)17-31-25-10-5-21(6-11-25)20-3-8-24(9-4-20)30-16-19-2-12-27-28(14-19)34-18-33-27/h2-17H,18H2,1H3. The van der Waals surface area contributed by atoms with Crippen LogP contribution in [0.3, 0.4) is 0 Å². The fourth-order valence-corrected chi connectivity index (χ4v) is 3.95. The lowest BCUT2D eigenvalue weighted by Gasteiger charge is -2.05. The molecule has 0 aromatic heterocycles. The Balaban J connectivity index is 1.26. The van der Waals surface area contributed by atoms with Gasteiger partial charge in [-0.15, -0.1) is 0 Å². The van der Waals surface area contributed by atoms with Crippen molar-refractivity contribution in [3.63, 3.8) is 0 Å². The Bertz CT molecular complexity index is 1360. The van der Waals surface area contributed by atoms with Gasteiger partial charge in [0.15, 0.2) is 11.5 Å². The Kier molecular flexibility index (Phi) is 6.40. The maximum atomic E-state index is 5.42. The molecule has 5 rings (SSSR count). The first-order valence-corrected chi connectivity index (χ1v) is 11.5. The molecular formula is C28H21BrN2O3. The first kappa shape index (κ1) is 21.9. The number of fused-ring (bicyclic) bond motifs is 1. The quantitative estimate of drug-likeness (QED) is 0.253. The van der Waals surface area contributed by atoms with Crippen molar-refractivity contribution in [1.82, 2.24) is 0 Å². The second kappa shape index (κ2) is 9.93. The van der Waals surface area contributed by atoms with E-state index in [2.05, 4.69) is 50.2 Å². The highest BCUT2D eigenvalue weighted by atomic mass is 79.9. The van der Waals surface area contributed by atoms with Crippen LogP contribution in [-0.2, 0) is 0 Å². The molecule has 5 nitrogen and oxygen atoms in total. The van der Waals surface area contributed by atoms with E-state index in [4.69, 9.17) is 14.2 Å². The fraction of sp³-hybridized carbons (Fsp3) is 0.0714. The molecule has 0 bridgehead atoms. The molecule has 1 aliphatic heterocycles. The van der Waals surface area contributed by atoms with Gasteiger partial charge in [-0.25, -0.2) is 0 Å². The molecule has 0 saturated heterocycles. The zero-order chi connectivity index (χ0) is 23.3. The molecule has 0 saturated carbocycles. The topological polar surface area (TPSA) is 52.4 Å². The number of nitrogens with zero attached hydrogens (tertiary/aromatic N) is 2. The third-order valence-electron chi connectivity index (χ3n) is 5.37. The number of rotatable bonds is 6. The van der Waals surface area contributed by atoms with Gasteiger partial charge in [-0.3, -0.25) is 9.98 Å². The average molecular weight is 513 g/mol. The number of methoxy groups -OCH3 is 1. The van der Waals surface area contributed by atoms with E-state index in [1.165, 1.54) is 0 Å². The molecule has 0 unspecified atom stereocenters. The van der Waals surface area contributed by atoms with Gasteiger partial charge in [0.05, 0.1) is 18.5 Å². The lowest BCUT2D eigenvalue weighted by atomic mass is 10.1. The number of hydrogen-bond donors (Lipinski definition) is 0. The minimum Gasteiger partial charge on any atom is -0.496 e. The second-order valence-electron chi connectivity index (χ2n) is 7.61. The summed E-state index contributed by atoms with van der Waals surface area (Å²) in [5.74, 6) is 2.30. The van der Waals surface area contributed by atoms with Gasteiger partial charge in [0.2, 0.25) is 6.79 Å². The van der Waals surface area contributed by atoms with Crippen molar-refractivity contribution < 1.29 is 14.2 Å². The van der Waals surface area contributed by atoms with E-state index in [1.54, 1.807) is 7.11 Å². The lowest BCUT2D eigenvalue weighted by molar-refractivity contribution is 0.174. The van der Waals surface area contributed by atoms with Gasteiger partial charge in [-0.1, -0.05) is 40.2 Å². The van der Waals surface area contributed by atoms with E-state index in [-0.39, 0.29) is 6.79 Å². The predicted octanol–water partition coefficient (Wildman–Crippen LogP) is 7.35. The third-order valence-corrected chi connectivity index (χ3v) is 5.86. The van der Waals surface area contributed by atoms with E-state index in [0.717, 1.165) is 55.3 Å². The maximum Gasteiger partial charge on any atom is 0.231 e. The summed E-state index contributed by atoms with van der Waals surface area (Å²) in [4.78, 5) is 9.16. The van der Waals surface area contributed by atoms with Crippen molar-refractivity contribution in [2.24, 2.45) is 9.98 Å². The molecule has 34 heavy (non-hydrogen) atoms. The van der Waals surface area contributed by atoms with Crippen LogP contribution in [0.15, 0.2) is 99.4 Å². The highest BCUT2D eigenvalue weighted by Gasteiger charge is 2.12. The minimum absolute atomic E-state index is 0.268. The van der Waals surface area contributed by atoms with Gasteiger partial charge in [-0.2, -0.15) is 0 Å². The molecule has 0 fully saturated rings. The van der Waals surface area contributed by atoms with Gasteiger partial charge < -0.3 is 14.2 Å². The summed E-state index contributed by atoms with van der Waals surface area (Å²) in [5, 5.41) is 0. The summed E-state index contributed by atoms with van der Waals surface area (Å²) in [6, 6.07) is 27.9. The number of benzene rings is 4. The van der Waals surface area contributed by atoms with Crippen LogP contribution < -0.4 is 14.2 Å². The largest absolute Gasteiger partial charge is 0.496 e. The summed E-state index contributed by atoms with van der Waals surface area (Å²) in [6.07, 6.45) is 3.63. The lowest BCUT2D eigenvalue weighted by Crippen LogP contribution is -1.92.